The van der Waals surface area contributed by atoms with Gasteiger partial charge in [-0.3, -0.25) is 73.1 Å². The number of likely N-dealkylation sites (N-methyl/N-ethyl adjacent to an activating group) is 1. The fourth-order valence-corrected chi connectivity index (χ4v) is 9.68. The molecule has 4 rings (SSSR count). The fraction of sp³-hybridized carbons (Fsp3) is 0.532. The number of benzene rings is 3. The number of phenols is 1. The largest absolute Gasteiger partial charge is 0.508 e. The minimum absolute atomic E-state index is 0.0151. The van der Waals surface area contributed by atoms with Gasteiger partial charge in [0.1, 0.15) is 11.8 Å². The van der Waals surface area contributed by atoms with Crippen LogP contribution in [0.15, 0.2) is 83.9 Å². The highest BCUT2D eigenvalue weighted by Crippen LogP contribution is 2.27. The van der Waals surface area contributed by atoms with Gasteiger partial charge in [-0.2, -0.15) is 0 Å². The van der Waals surface area contributed by atoms with E-state index in [9.17, 15) is 68.4 Å². The van der Waals surface area contributed by atoms with Crippen LogP contribution in [0, 0.1) is 0 Å². The number of aromatic hydroxyl groups is 1. The molecule has 512 valence electrons. The van der Waals surface area contributed by atoms with Crippen molar-refractivity contribution in [3.05, 3.63) is 95.6 Å². The Morgan fingerprint density at radius 3 is 1.65 bits per heavy atom. The Kier molecular flexibility index (Phi) is 35.3. The van der Waals surface area contributed by atoms with E-state index in [0.29, 0.717) is 82.7 Å². The smallest absolute Gasteiger partial charge is 0.321 e. The van der Waals surface area contributed by atoms with E-state index in [1.165, 1.54) is 12.1 Å². The average Bonchev–Trinajstić information content (AvgIpc) is 1.13. The highest BCUT2D eigenvalue weighted by molar-refractivity contribution is 5.95. The molecule has 0 aromatic heterocycles. The van der Waals surface area contributed by atoms with Crippen molar-refractivity contribution in [2.45, 2.75) is 70.0 Å². The highest BCUT2D eigenvalue weighted by Gasteiger charge is 2.29. The Labute approximate surface area is 542 Å². The highest BCUT2D eigenvalue weighted by atomic mass is 16.4. The second kappa shape index (κ2) is 42.9. The fourth-order valence-electron chi connectivity index (χ4n) is 9.68. The van der Waals surface area contributed by atoms with E-state index in [0.717, 1.165) is 11.3 Å². The molecule has 0 bridgehead atoms. The Balaban J connectivity index is 1.18. The maximum Gasteiger partial charge on any atom is 0.321 e. The van der Waals surface area contributed by atoms with Crippen LogP contribution in [0.4, 0.5) is 10.5 Å². The molecule has 3 atom stereocenters. The van der Waals surface area contributed by atoms with E-state index in [-0.39, 0.29) is 140 Å². The summed E-state index contributed by atoms with van der Waals surface area (Å²) < 4.78 is 0. The molecule has 1 fully saturated rings. The van der Waals surface area contributed by atoms with Crippen molar-refractivity contribution in [2.24, 2.45) is 16.5 Å². The third-order valence-corrected chi connectivity index (χ3v) is 14.9. The van der Waals surface area contributed by atoms with Gasteiger partial charge in [0.25, 0.3) is 0 Å². The van der Waals surface area contributed by atoms with Crippen LogP contribution in [0.5, 0.6) is 5.75 Å². The van der Waals surface area contributed by atoms with Crippen molar-refractivity contribution in [3.63, 3.8) is 0 Å². The zero-order valence-electron chi connectivity index (χ0n) is 53.2. The summed E-state index contributed by atoms with van der Waals surface area (Å²) in [5.41, 5.74) is 14.9. The normalized spacial score (nSPS) is 14.8. The first-order valence-electron chi connectivity index (χ1n) is 31.2. The number of aliphatic imine (C=N–C) groups is 1. The van der Waals surface area contributed by atoms with E-state index in [4.69, 9.17) is 11.5 Å². The molecule has 0 spiro atoms. The maximum atomic E-state index is 14.4. The van der Waals surface area contributed by atoms with Crippen LogP contribution in [-0.2, 0) is 49.7 Å². The molecular weight excluding hydrogens is 1210 g/mol. The molecule has 3 aromatic carbocycles. The van der Waals surface area contributed by atoms with Gasteiger partial charge in [-0.05, 0) is 73.7 Å². The quantitative estimate of drug-likeness (QED) is 0.0166. The molecule has 1 aliphatic rings. The summed E-state index contributed by atoms with van der Waals surface area (Å²) in [7, 11) is 1.83. The van der Waals surface area contributed by atoms with Gasteiger partial charge in [0.2, 0.25) is 35.4 Å². The minimum Gasteiger partial charge on any atom is -0.508 e. The lowest BCUT2D eigenvalue weighted by Crippen LogP contribution is -2.50. The summed E-state index contributed by atoms with van der Waals surface area (Å²) in [6, 6.07) is 20.2. The van der Waals surface area contributed by atoms with E-state index in [2.05, 4.69) is 52.8 Å². The number of carboxylic acid groups (broad SMARTS) is 3. The van der Waals surface area contributed by atoms with Crippen LogP contribution in [0.25, 0.3) is 0 Å². The van der Waals surface area contributed by atoms with Gasteiger partial charge in [-0.1, -0.05) is 61.5 Å². The van der Waals surface area contributed by atoms with Gasteiger partial charge in [-0.25, -0.2) is 4.79 Å². The van der Waals surface area contributed by atoms with Gasteiger partial charge in [0.15, 0.2) is 5.96 Å². The Hall–Kier alpha value is -9.01. The zero-order chi connectivity index (χ0) is 67.9. The van der Waals surface area contributed by atoms with Gasteiger partial charge >= 0.3 is 23.9 Å². The van der Waals surface area contributed by atoms with Crippen LogP contribution < -0.4 is 59.3 Å². The SMILES string of the molecule is CCC(=O)NCCNC(=O)NC(N)=NCCC[C@@H](NC(=O)[C@@H](c1ccccc1)c1ccc(NCCCNC(=O)[C@H](N)CCC(=O)NCCN(C)CCNC(=O)CN2CCN(CC(=O)O)CCN(CC(=O)O)CCN(CC(=O)O)CC2)cc1)C(=O)NCc1ccc(O)cc1. The summed E-state index contributed by atoms with van der Waals surface area (Å²) >= 11 is 0. The zero-order valence-corrected chi connectivity index (χ0v) is 53.2. The number of carboxylic acids is 3. The number of hydrogen-bond donors (Lipinski definition) is 15. The van der Waals surface area contributed by atoms with Gasteiger partial charge in [0, 0.05) is 136 Å². The molecule has 31 nitrogen and oxygen atoms in total. The second-order valence-corrected chi connectivity index (χ2v) is 22.4. The van der Waals surface area contributed by atoms with Crippen LogP contribution in [0.3, 0.4) is 0 Å². The van der Waals surface area contributed by atoms with E-state index >= 15 is 0 Å². The number of hydrogen-bond acceptors (Lipinski definition) is 19. The molecule has 0 unspecified atom stereocenters. The van der Waals surface area contributed by atoms with Crippen molar-refractivity contribution < 1.29 is 68.4 Å². The van der Waals surface area contributed by atoms with Gasteiger partial charge < -0.3 is 79.3 Å². The molecule has 1 aliphatic heterocycles. The average molecular weight is 1300 g/mol. The number of aliphatic carboxylic acids is 3. The summed E-state index contributed by atoms with van der Waals surface area (Å²) in [6.45, 7) is 6.11. The molecule has 0 saturated carbocycles. The van der Waals surface area contributed by atoms with Crippen molar-refractivity contribution >= 4 is 71.0 Å². The molecule has 0 aliphatic carbocycles. The third-order valence-electron chi connectivity index (χ3n) is 14.9. The third kappa shape index (κ3) is 32.7. The number of carbonyl (C=O) groups is 10. The van der Waals surface area contributed by atoms with Crippen LogP contribution in [0.1, 0.15) is 68.1 Å². The number of amides is 8. The van der Waals surface area contributed by atoms with Crippen LogP contribution in [-0.4, -0.2) is 267 Å². The number of nitrogens with two attached hydrogens (primary N) is 2. The topological polar surface area (TPSA) is 440 Å². The number of rotatable bonds is 38. The molecule has 0 radical (unpaired) electrons. The molecule has 93 heavy (non-hydrogen) atoms. The molecule has 31 heteroatoms. The standard InChI is InChI=1S/C62H95N17O14/c1-3-51(81)66-25-26-71-62(93)74-61(64)70-22-7-11-50(59(91)72-39-44-12-18-48(80)19-13-44)73-60(92)57(45-9-5-4-6-10-45)46-14-16-47(17-15-46)65-23-8-24-69-58(90)49(63)20-21-52(82)67-27-29-75(2)30-28-68-53(83)40-76-31-33-77(41-54(84)85)35-37-79(43-56(88)89)38-36-78(34-32-76)42-55(86)87/h4-6,9-10,12-19,49-50,57,65,80H,3,7-8,11,20-43,63H2,1-2H3,(H,66,81)(H,67,82)(H,68,83)(H,69,90)(H,72,91)(H,73,92)(H,84,85)(H,86,87)(H,88,89)(H4,64,70,71,74,93)/t49-,50-,57+/m1/s1. The summed E-state index contributed by atoms with van der Waals surface area (Å²) in [6.07, 6.45) is 1.46. The minimum atomic E-state index is -1.05. The first-order valence-corrected chi connectivity index (χ1v) is 31.2. The molecule has 3 aromatic rings. The number of anilines is 1. The molecule has 8 amide bonds. The molecule has 1 saturated heterocycles. The number of nitrogens with zero attached hydrogens (tertiary/aromatic N) is 6. The first kappa shape index (κ1) is 76.4. The van der Waals surface area contributed by atoms with Gasteiger partial charge in [0.05, 0.1) is 38.1 Å². The van der Waals surface area contributed by atoms with Crippen molar-refractivity contribution in [1.29, 1.82) is 0 Å². The van der Waals surface area contributed by atoms with Crippen molar-refractivity contribution in [2.75, 3.05) is 150 Å². The summed E-state index contributed by atoms with van der Waals surface area (Å²) in [5, 5.41) is 63.5. The van der Waals surface area contributed by atoms with Gasteiger partial charge in [-0.15, -0.1) is 0 Å². The van der Waals surface area contributed by atoms with Crippen LogP contribution >= 0.6 is 0 Å². The Morgan fingerprint density at radius 2 is 1.09 bits per heavy atom. The number of urea groups is 1. The number of nitrogens with one attached hydrogen (secondary N) is 9. The van der Waals surface area contributed by atoms with Crippen LogP contribution in [0.2, 0.25) is 0 Å². The Bertz CT molecular complexity index is 2840. The summed E-state index contributed by atoms with van der Waals surface area (Å²) in [5.74, 6) is -6.01. The second-order valence-electron chi connectivity index (χ2n) is 22.4. The molecule has 17 N–H and O–H groups in total. The number of guanidine groups is 1. The lowest BCUT2D eigenvalue weighted by Gasteiger charge is -2.32. The lowest BCUT2D eigenvalue weighted by molar-refractivity contribution is -0.140. The lowest BCUT2D eigenvalue weighted by atomic mass is 9.90. The van der Waals surface area contributed by atoms with Crippen molar-refractivity contribution in [1.82, 2.24) is 67.0 Å². The predicted molar refractivity (Wildman–Crippen MR) is 348 cm³/mol. The molecular formula is C62H95N17O14. The monoisotopic (exact) mass is 1300 g/mol. The first-order chi connectivity index (χ1) is 44.6. The van der Waals surface area contributed by atoms with E-state index < -0.39 is 59.7 Å². The van der Waals surface area contributed by atoms with Crippen molar-refractivity contribution in [3.8, 4) is 5.75 Å². The summed E-state index contributed by atoms with van der Waals surface area (Å²) in [4.78, 5) is 138. The van der Waals surface area contributed by atoms with E-state index in [1.807, 2.05) is 71.4 Å². The molecule has 1 heterocycles. The van der Waals surface area contributed by atoms with E-state index in [1.54, 1.807) is 33.8 Å². The number of phenolic OH excluding ortho intramolecular Hbond substituents is 1. The maximum absolute atomic E-state index is 14.4. The predicted octanol–water partition coefficient (Wildman–Crippen LogP) is -2.09. The Morgan fingerprint density at radius 1 is 0.559 bits per heavy atom. The number of carbonyl (C=O) groups excluding carboxylic acids is 7.